The summed E-state index contributed by atoms with van der Waals surface area (Å²) < 4.78 is 5.68. The number of rotatable bonds is 4. The maximum absolute atomic E-state index is 5.68. The van der Waals surface area contributed by atoms with Crippen LogP contribution in [0.2, 0.25) is 0 Å². The molecule has 0 aromatic carbocycles. The molecule has 0 bridgehead atoms. The van der Waals surface area contributed by atoms with Gasteiger partial charge >= 0.3 is 0 Å². The summed E-state index contributed by atoms with van der Waals surface area (Å²) in [6.07, 6.45) is 2.78. The maximum Gasteiger partial charge on any atom is 0.129 e. The van der Waals surface area contributed by atoms with Crippen molar-refractivity contribution in [3.8, 4) is 0 Å². The Balaban J connectivity index is 1.84. The van der Waals surface area contributed by atoms with Crippen LogP contribution >= 0.6 is 0 Å². The van der Waals surface area contributed by atoms with Crippen molar-refractivity contribution >= 4 is 5.82 Å². The van der Waals surface area contributed by atoms with E-state index >= 15 is 0 Å². The molecule has 1 atom stereocenters. The zero-order chi connectivity index (χ0) is 12.1. The minimum Gasteiger partial charge on any atom is -0.374 e. The molecule has 1 aliphatic heterocycles. The third-order valence-corrected chi connectivity index (χ3v) is 2.94. The number of aryl methyl sites for hydroxylation is 1. The lowest BCUT2D eigenvalue weighted by atomic mass is 10.2. The largest absolute Gasteiger partial charge is 0.374 e. The Hall–Kier alpha value is -1.20. The van der Waals surface area contributed by atoms with E-state index in [9.17, 15) is 0 Å². The number of anilines is 1. The van der Waals surface area contributed by atoms with Crippen molar-refractivity contribution in [1.29, 1.82) is 0 Å². The van der Waals surface area contributed by atoms with Crippen molar-refractivity contribution in [3.63, 3.8) is 0 Å². The lowest BCUT2D eigenvalue weighted by molar-refractivity contribution is -0.0117. The van der Waals surface area contributed by atoms with Crippen LogP contribution < -0.4 is 5.32 Å². The van der Waals surface area contributed by atoms with E-state index in [1.807, 2.05) is 6.07 Å². The Morgan fingerprint density at radius 1 is 1.53 bits per heavy atom. The smallest absolute Gasteiger partial charge is 0.129 e. The van der Waals surface area contributed by atoms with Gasteiger partial charge in [-0.05, 0) is 13.5 Å². The van der Waals surface area contributed by atoms with Crippen LogP contribution in [0.3, 0.4) is 0 Å². The van der Waals surface area contributed by atoms with Gasteiger partial charge in [0, 0.05) is 31.4 Å². The van der Waals surface area contributed by atoms with Crippen molar-refractivity contribution in [1.82, 2.24) is 14.9 Å². The minimum atomic E-state index is 0.244. The highest BCUT2D eigenvalue weighted by Gasteiger charge is 2.17. The van der Waals surface area contributed by atoms with Crippen LogP contribution in [0.25, 0.3) is 0 Å². The first-order valence-corrected chi connectivity index (χ1v) is 6.13. The third-order valence-electron chi connectivity index (χ3n) is 2.94. The molecule has 0 spiro atoms. The quantitative estimate of drug-likeness (QED) is 0.837. The van der Waals surface area contributed by atoms with Gasteiger partial charge in [-0.25, -0.2) is 9.97 Å². The highest BCUT2D eigenvalue weighted by atomic mass is 16.5. The minimum absolute atomic E-state index is 0.244. The fourth-order valence-electron chi connectivity index (χ4n) is 1.90. The fourth-order valence-corrected chi connectivity index (χ4v) is 1.90. The van der Waals surface area contributed by atoms with Gasteiger partial charge in [-0.3, -0.25) is 0 Å². The molecule has 5 heteroatoms. The van der Waals surface area contributed by atoms with Gasteiger partial charge in [0.15, 0.2) is 0 Å². The molecule has 1 saturated heterocycles. The molecule has 2 rings (SSSR count). The Morgan fingerprint density at radius 3 is 3.18 bits per heavy atom. The number of hydrogen-bond acceptors (Lipinski definition) is 5. The average molecular weight is 236 g/mol. The number of nitrogens with one attached hydrogen (secondary N) is 1. The van der Waals surface area contributed by atoms with Crippen molar-refractivity contribution in [3.05, 3.63) is 18.1 Å². The molecule has 1 aromatic rings. The summed E-state index contributed by atoms with van der Waals surface area (Å²) in [6, 6.07) is 1.99. The topological polar surface area (TPSA) is 50.3 Å². The molecule has 17 heavy (non-hydrogen) atoms. The van der Waals surface area contributed by atoms with Crippen LogP contribution in [-0.2, 0) is 11.2 Å². The molecule has 1 unspecified atom stereocenters. The van der Waals surface area contributed by atoms with E-state index < -0.39 is 0 Å². The van der Waals surface area contributed by atoms with Gasteiger partial charge in [0.25, 0.3) is 0 Å². The highest BCUT2D eigenvalue weighted by Crippen LogP contribution is 2.07. The molecule has 1 fully saturated rings. The zero-order valence-corrected chi connectivity index (χ0v) is 10.5. The molecule has 0 radical (unpaired) electrons. The van der Waals surface area contributed by atoms with E-state index in [2.05, 4.69) is 34.2 Å². The third kappa shape index (κ3) is 3.64. The molecule has 2 heterocycles. The Kier molecular flexibility index (Phi) is 4.28. The summed E-state index contributed by atoms with van der Waals surface area (Å²) in [5.41, 5.74) is 1.06. The number of aromatic nitrogens is 2. The molecule has 1 N–H and O–H groups in total. The normalized spacial score (nSPS) is 21.4. The van der Waals surface area contributed by atoms with E-state index in [1.165, 1.54) is 0 Å². The number of hydrogen-bond donors (Lipinski definition) is 1. The van der Waals surface area contributed by atoms with E-state index in [0.29, 0.717) is 0 Å². The zero-order valence-electron chi connectivity index (χ0n) is 10.5. The van der Waals surface area contributed by atoms with E-state index in [1.54, 1.807) is 6.33 Å². The molecule has 0 amide bonds. The van der Waals surface area contributed by atoms with Crippen LogP contribution in [0.15, 0.2) is 12.4 Å². The van der Waals surface area contributed by atoms with Crippen molar-refractivity contribution < 1.29 is 4.74 Å². The van der Waals surface area contributed by atoms with Gasteiger partial charge in [0.1, 0.15) is 12.1 Å². The molecular weight excluding hydrogens is 216 g/mol. The average Bonchev–Trinajstić information content (AvgIpc) is 2.37. The summed E-state index contributed by atoms with van der Waals surface area (Å²) in [5, 5.41) is 3.31. The lowest BCUT2D eigenvalue weighted by Gasteiger charge is -2.30. The second-order valence-corrected chi connectivity index (χ2v) is 4.38. The molecule has 94 valence electrons. The second-order valence-electron chi connectivity index (χ2n) is 4.38. The van der Waals surface area contributed by atoms with E-state index in [4.69, 9.17) is 4.74 Å². The summed E-state index contributed by atoms with van der Waals surface area (Å²) in [5.74, 6) is 0.883. The first-order chi connectivity index (χ1) is 8.28. The fraction of sp³-hybridized carbons (Fsp3) is 0.667. The van der Waals surface area contributed by atoms with Gasteiger partial charge in [-0.15, -0.1) is 0 Å². The first kappa shape index (κ1) is 12.3. The molecule has 0 saturated carbocycles. The van der Waals surface area contributed by atoms with Gasteiger partial charge in [0.05, 0.1) is 12.7 Å². The maximum atomic E-state index is 5.68. The highest BCUT2D eigenvalue weighted by molar-refractivity contribution is 5.34. The van der Waals surface area contributed by atoms with Gasteiger partial charge in [0.2, 0.25) is 0 Å². The Morgan fingerprint density at radius 2 is 2.41 bits per heavy atom. The number of ether oxygens (including phenoxy) is 1. The summed E-state index contributed by atoms with van der Waals surface area (Å²) in [7, 11) is 2.12. The van der Waals surface area contributed by atoms with Gasteiger partial charge in [-0.1, -0.05) is 6.92 Å². The summed E-state index contributed by atoms with van der Waals surface area (Å²) in [4.78, 5) is 10.7. The summed E-state index contributed by atoms with van der Waals surface area (Å²) in [6.45, 7) is 5.69. The first-order valence-electron chi connectivity index (χ1n) is 6.13. The number of morpholine rings is 1. The van der Waals surface area contributed by atoms with Crippen molar-refractivity contribution in [2.45, 2.75) is 19.4 Å². The number of likely N-dealkylation sites (N-methyl/N-ethyl adjacent to an activating group) is 1. The van der Waals surface area contributed by atoms with Crippen LogP contribution in [-0.4, -0.2) is 54.3 Å². The molecule has 1 aromatic heterocycles. The summed E-state index contributed by atoms with van der Waals surface area (Å²) >= 11 is 0. The van der Waals surface area contributed by atoms with Crippen molar-refractivity contribution in [2.24, 2.45) is 0 Å². The van der Waals surface area contributed by atoms with Gasteiger partial charge in [-0.2, -0.15) is 0 Å². The molecule has 5 nitrogen and oxygen atoms in total. The van der Waals surface area contributed by atoms with Crippen molar-refractivity contribution in [2.75, 3.05) is 38.6 Å². The van der Waals surface area contributed by atoms with Crippen LogP contribution in [0, 0.1) is 0 Å². The Labute approximate surface area is 102 Å². The van der Waals surface area contributed by atoms with Crippen LogP contribution in [0.4, 0.5) is 5.82 Å². The predicted molar refractivity (Wildman–Crippen MR) is 67.1 cm³/mol. The van der Waals surface area contributed by atoms with E-state index in [0.717, 1.165) is 44.2 Å². The Bertz CT molecular complexity index is 358. The number of nitrogens with zero attached hydrogens (tertiary/aromatic N) is 3. The second kappa shape index (κ2) is 5.93. The predicted octanol–water partition coefficient (Wildman–Crippen LogP) is 0.781. The SMILES string of the molecule is CCc1cc(NCC2CN(C)CCO2)ncn1. The molecule has 0 aliphatic carbocycles. The van der Waals surface area contributed by atoms with Gasteiger partial charge < -0.3 is 15.0 Å². The molecule has 1 aliphatic rings. The molecular formula is C12H20N4O. The van der Waals surface area contributed by atoms with Crippen LogP contribution in [0.1, 0.15) is 12.6 Å². The van der Waals surface area contributed by atoms with E-state index in [-0.39, 0.29) is 6.10 Å². The lowest BCUT2D eigenvalue weighted by Crippen LogP contribution is -2.43. The van der Waals surface area contributed by atoms with Crippen LogP contribution in [0.5, 0.6) is 0 Å². The monoisotopic (exact) mass is 236 g/mol. The standard InChI is InChI=1S/C12H20N4O/c1-3-10-6-12(15-9-14-10)13-7-11-8-16(2)4-5-17-11/h6,9,11H,3-5,7-8H2,1-2H3,(H,13,14,15).